The van der Waals surface area contributed by atoms with Crippen molar-refractivity contribution in [3.63, 3.8) is 0 Å². The quantitative estimate of drug-likeness (QED) is 0.374. The molecule has 28 heavy (non-hydrogen) atoms. The van der Waals surface area contributed by atoms with E-state index in [9.17, 15) is 0 Å². The second-order valence-electron chi connectivity index (χ2n) is 6.87. The molecule has 0 aliphatic carbocycles. The van der Waals surface area contributed by atoms with E-state index in [-0.39, 0.29) is 0 Å². The van der Waals surface area contributed by atoms with Crippen LogP contribution >= 0.6 is 15.2 Å². The minimum absolute atomic E-state index is 0.534. The summed E-state index contributed by atoms with van der Waals surface area (Å²) in [5, 5.41) is 5.87. The van der Waals surface area contributed by atoms with E-state index in [2.05, 4.69) is 123 Å². The summed E-state index contributed by atoms with van der Waals surface area (Å²) in [6.07, 6.45) is 0. The van der Waals surface area contributed by atoms with Crippen molar-refractivity contribution in [1.82, 2.24) is 0 Å². The minimum Gasteiger partial charge on any atom is -0.0622 e. The Morgan fingerprint density at radius 1 is 0.393 bits per heavy atom. The first kappa shape index (κ1) is 19.1. The van der Waals surface area contributed by atoms with Crippen LogP contribution in [0.1, 0.15) is 11.1 Å². The SMILES string of the molecule is Cc1ccccc1P(c1ccccc1C)P(c1ccccc1)c1ccccc1. The highest BCUT2D eigenvalue weighted by atomic mass is 32.1. The van der Waals surface area contributed by atoms with E-state index in [1.165, 1.54) is 32.3 Å². The maximum absolute atomic E-state index is 2.34. The van der Waals surface area contributed by atoms with E-state index in [0.29, 0.717) is 0 Å². The molecule has 2 heteroatoms. The van der Waals surface area contributed by atoms with Crippen molar-refractivity contribution in [2.45, 2.75) is 13.8 Å². The molecule has 0 saturated carbocycles. The van der Waals surface area contributed by atoms with Gasteiger partial charge in [-0.2, -0.15) is 0 Å². The second kappa shape index (κ2) is 8.83. The molecule has 0 bridgehead atoms. The highest BCUT2D eigenvalue weighted by molar-refractivity contribution is 8.41. The second-order valence-corrected chi connectivity index (χ2v) is 12.5. The van der Waals surface area contributed by atoms with Crippen molar-refractivity contribution in [3.05, 3.63) is 120 Å². The van der Waals surface area contributed by atoms with Crippen LogP contribution in [0.2, 0.25) is 0 Å². The van der Waals surface area contributed by atoms with Crippen molar-refractivity contribution in [1.29, 1.82) is 0 Å². The predicted molar refractivity (Wildman–Crippen MR) is 128 cm³/mol. The van der Waals surface area contributed by atoms with Crippen LogP contribution in [0.15, 0.2) is 109 Å². The molecule has 0 fully saturated rings. The first-order valence-electron chi connectivity index (χ1n) is 9.57. The third kappa shape index (κ3) is 3.95. The zero-order valence-corrected chi connectivity index (χ0v) is 18.1. The van der Waals surface area contributed by atoms with Gasteiger partial charge in [0.05, 0.1) is 0 Å². The molecule has 0 heterocycles. The molecule has 0 N–H and O–H groups in total. The monoisotopic (exact) mass is 398 g/mol. The molecule has 4 aromatic rings. The van der Waals surface area contributed by atoms with Gasteiger partial charge >= 0.3 is 0 Å². The smallest absolute Gasteiger partial charge is 0.00949 e. The molecule has 0 nitrogen and oxygen atoms in total. The summed E-state index contributed by atoms with van der Waals surface area (Å²) in [5.41, 5.74) is 2.77. The van der Waals surface area contributed by atoms with E-state index in [4.69, 9.17) is 0 Å². The lowest BCUT2D eigenvalue weighted by Crippen LogP contribution is -2.22. The first-order valence-corrected chi connectivity index (χ1v) is 13.0. The van der Waals surface area contributed by atoms with Crippen LogP contribution in [-0.4, -0.2) is 0 Å². The fourth-order valence-electron chi connectivity index (χ4n) is 3.47. The number of hydrogen-bond acceptors (Lipinski definition) is 0. The van der Waals surface area contributed by atoms with Crippen molar-refractivity contribution >= 4 is 36.4 Å². The summed E-state index contributed by atoms with van der Waals surface area (Å²) in [7, 11) is -1.08. The Labute approximate surface area is 170 Å². The van der Waals surface area contributed by atoms with Crippen molar-refractivity contribution in [2.24, 2.45) is 0 Å². The lowest BCUT2D eigenvalue weighted by molar-refractivity contribution is 1.51. The van der Waals surface area contributed by atoms with Crippen LogP contribution in [-0.2, 0) is 0 Å². The Kier molecular flexibility index (Phi) is 6.01. The lowest BCUT2D eigenvalue weighted by Gasteiger charge is -2.31. The molecule has 0 spiro atoms. The Hall–Kier alpha value is -2.26. The maximum Gasteiger partial charge on any atom is -0.00949 e. The van der Waals surface area contributed by atoms with E-state index in [0.717, 1.165) is 0 Å². The van der Waals surface area contributed by atoms with E-state index in [1.54, 1.807) is 0 Å². The number of hydrogen-bond donors (Lipinski definition) is 0. The molecule has 138 valence electrons. The van der Waals surface area contributed by atoms with Gasteiger partial charge in [0.15, 0.2) is 0 Å². The van der Waals surface area contributed by atoms with Crippen LogP contribution in [0.5, 0.6) is 0 Å². The largest absolute Gasteiger partial charge is 0.0622 e. The van der Waals surface area contributed by atoms with Crippen LogP contribution in [0, 0.1) is 13.8 Å². The van der Waals surface area contributed by atoms with Gasteiger partial charge in [-0.05, 0) is 61.4 Å². The van der Waals surface area contributed by atoms with Gasteiger partial charge in [0.25, 0.3) is 0 Å². The Morgan fingerprint density at radius 3 is 1.14 bits per heavy atom. The Morgan fingerprint density at radius 2 is 0.750 bits per heavy atom. The van der Waals surface area contributed by atoms with Crippen LogP contribution in [0.25, 0.3) is 0 Å². The van der Waals surface area contributed by atoms with Gasteiger partial charge in [-0.25, -0.2) is 0 Å². The normalized spacial score (nSPS) is 11.1. The molecule has 0 saturated heterocycles. The fraction of sp³-hybridized carbons (Fsp3) is 0.0769. The zero-order chi connectivity index (χ0) is 19.3. The molecule has 0 atom stereocenters. The summed E-state index contributed by atoms with van der Waals surface area (Å²) in [6.45, 7) is 4.51. The predicted octanol–water partition coefficient (Wildman–Crippen LogP) is 5.78. The minimum atomic E-state index is -0.544. The van der Waals surface area contributed by atoms with E-state index >= 15 is 0 Å². The van der Waals surface area contributed by atoms with Crippen LogP contribution in [0.3, 0.4) is 0 Å². The van der Waals surface area contributed by atoms with Crippen LogP contribution in [0.4, 0.5) is 0 Å². The summed E-state index contributed by atoms with van der Waals surface area (Å²) in [4.78, 5) is 0. The molecular formula is C26H24P2. The lowest BCUT2D eigenvalue weighted by atomic mass is 10.2. The van der Waals surface area contributed by atoms with E-state index in [1.807, 2.05) is 0 Å². The molecule has 0 aliphatic rings. The van der Waals surface area contributed by atoms with Crippen LogP contribution < -0.4 is 21.2 Å². The summed E-state index contributed by atoms with van der Waals surface area (Å²) in [5.74, 6) is 0. The average Bonchev–Trinajstić information content (AvgIpc) is 2.75. The number of aryl methyl sites for hydroxylation is 2. The number of rotatable bonds is 5. The van der Waals surface area contributed by atoms with Gasteiger partial charge < -0.3 is 0 Å². The molecule has 0 amide bonds. The maximum atomic E-state index is 2.34. The summed E-state index contributed by atoms with van der Waals surface area (Å²) in [6, 6.07) is 40.1. The summed E-state index contributed by atoms with van der Waals surface area (Å²) >= 11 is 0. The van der Waals surface area contributed by atoms with Gasteiger partial charge in [-0.1, -0.05) is 109 Å². The standard InChI is InChI=1S/C26H24P2/c1-21-13-9-11-19-25(21)28(26-20-12-10-14-22(26)2)27(23-15-5-3-6-16-23)24-17-7-4-8-18-24/h3-20H,1-2H3. The highest BCUT2D eigenvalue weighted by Gasteiger charge is 2.29. The van der Waals surface area contributed by atoms with E-state index < -0.39 is 15.2 Å². The van der Waals surface area contributed by atoms with Gasteiger partial charge in [0.1, 0.15) is 0 Å². The van der Waals surface area contributed by atoms with Crippen molar-refractivity contribution in [2.75, 3.05) is 0 Å². The third-order valence-corrected chi connectivity index (χ3v) is 12.7. The van der Waals surface area contributed by atoms with Gasteiger partial charge in [-0.3, -0.25) is 0 Å². The number of benzene rings is 4. The fourth-order valence-corrected chi connectivity index (χ4v) is 11.9. The Balaban J connectivity index is 2.00. The third-order valence-electron chi connectivity index (χ3n) is 4.89. The molecule has 0 aromatic heterocycles. The average molecular weight is 398 g/mol. The molecular weight excluding hydrogens is 374 g/mol. The first-order chi connectivity index (χ1) is 13.8. The van der Waals surface area contributed by atoms with Crippen molar-refractivity contribution in [3.8, 4) is 0 Å². The Bertz CT molecular complexity index is 957. The van der Waals surface area contributed by atoms with Gasteiger partial charge in [-0.15, -0.1) is 0 Å². The highest BCUT2D eigenvalue weighted by Crippen LogP contribution is 2.66. The zero-order valence-electron chi connectivity index (χ0n) is 16.3. The molecule has 4 rings (SSSR count). The molecule has 0 unspecified atom stereocenters. The molecule has 0 aliphatic heterocycles. The van der Waals surface area contributed by atoms with Gasteiger partial charge in [0, 0.05) is 0 Å². The summed E-state index contributed by atoms with van der Waals surface area (Å²) < 4.78 is 0. The topological polar surface area (TPSA) is 0 Å². The molecule has 0 radical (unpaired) electrons. The van der Waals surface area contributed by atoms with Gasteiger partial charge in [0.2, 0.25) is 0 Å². The van der Waals surface area contributed by atoms with Crippen molar-refractivity contribution < 1.29 is 0 Å². The molecule has 4 aromatic carbocycles.